The summed E-state index contributed by atoms with van der Waals surface area (Å²) >= 11 is 0. The van der Waals surface area contributed by atoms with Crippen LogP contribution in [-0.4, -0.2) is 40.0 Å². The first-order valence-corrected chi connectivity index (χ1v) is 13.9. The van der Waals surface area contributed by atoms with E-state index in [1.54, 1.807) is 19.1 Å². The lowest BCUT2D eigenvalue weighted by molar-refractivity contribution is -0.195. The molecule has 1 aliphatic carbocycles. The van der Waals surface area contributed by atoms with E-state index in [-0.39, 0.29) is 23.8 Å². The van der Waals surface area contributed by atoms with Crippen LogP contribution in [0.2, 0.25) is 0 Å². The molecule has 12 heteroatoms. The molecule has 43 heavy (non-hydrogen) atoms. The number of nitrogens with one attached hydrogen (secondary N) is 4. The van der Waals surface area contributed by atoms with Gasteiger partial charge in [0, 0.05) is 41.4 Å². The predicted octanol–water partition coefficient (Wildman–Crippen LogP) is 6.42. The number of aliphatic imine (C=N–C) groups is 1. The van der Waals surface area contributed by atoms with Gasteiger partial charge >= 0.3 is 6.18 Å². The Morgan fingerprint density at radius 3 is 2.44 bits per heavy atom. The molecule has 1 aliphatic heterocycles. The van der Waals surface area contributed by atoms with E-state index in [2.05, 4.69) is 71.1 Å². The van der Waals surface area contributed by atoms with E-state index in [9.17, 15) is 23.7 Å². The molecule has 0 bridgehead atoms. The van der Waals surface area contributed by atoms with Crippen LogP contribution in [0.5, 0.6) is 0 Å². The first kappa shape index (κ1) is 31.4. The Hall–Kier alpha value is -4.55. The maximum absolute atomic E-state index is 13.9. The van der Waals surface area contributed by atoms with E-state index in [0.717, 1.165) is 10.7 Å². The summed E-state index contributed by atoms with van der Waals surface area (Å²) in [6, 6.07) is 7.00. The highest BCUT2D eigenvalue weighted by molar-refractivity contribution is 6.01. The Balaban J connectivity index is 1.82. The Bertz CT molecular complexity index is 1610. The maximum Gasteiger partial charge on any atom is 0.413 e. The van der Waals surface area contributed by atoms with Crippen LogP contribution in [0.15, 0.2) is 59.1 Å². The van der Waals surface area contributed by atoms with E-state index in [0.29, 0.717) is 51.4 Å². The second-order valence-electron chi connectivity index (χ2n) is 12.1. The highest BCUT2D eigenvalue weighted by atomic mass is 19.4. The number of alkyl halides is 3. The van der Waals surface area contributed by atoms with Crippen molar-refractivity contribution in [3.8, 4) is 12.1 Å². The number of halogens is 3. The number of hydrogen-bond acceptors (Lipinski definition) is 9. The second kappa shape index (κ2) is 11.6. The van der Waals surface area contributed by atoms with Gasteiger partial charge in [0.2, 0.25) is 0 Å². The van der Waals surface area contributed by atoms with Gasteiger partial charge in [-0.3, -0.25) is 15.0 Å². The molecule has 0 spiro atoms. The number of fused-ring (bicyclic) bond motifs is 1. The van der Waals surface area contributed by atoms with Crippen LogP contribution in [0.25, 0.3) is 10.9 Å². The van der Waals surface area contributed by atoms with Gasteiger partial charge in [-0.1, -0.05) is 33.4 Å². The molecule has 4 rings (SSSR count). The molecule has 1 saturated carbocycles. The van der Waals surface area contributed by atoms with Crippen LogP contribution in [0.4, 0.5) is 24.5 Å². The molecule has 0 radical (unpaired) electrons. The molecule has 2 aliphatic rings. The minimum absolute atomic E-state index is 0.0241. The average molecular weight is 592 g/mol. The quantitative estimate of drug-likeness (QED) is 0.246. The molecule has 1 atom stereocenters. The SMILES string of the molecule is C=C(/C(C)=N\C(C)=C/C)[C@H](Nc1cc(C#N)c2ncc(C#N)c(NCC(C)(C)C)c2c1)C1=CN(C2(C(F)(F)F)CC2)NN1. The van der Waals surface area contributed by atoms with Crippen LogP contribution in [0, 0.1) is 28.1 Å². The van der Waals surface area contributed by atoms with E-state index in [4.69, 9.17) is 0 Å². The first-order chi connectivity index (χ1) is 20.1. The van der Waals surface area contributed by atoms with E-state index in [1.807, 2.05) is 19.9 Å². The fourth-order valence-electron chi connectivity index (χ4n) is 4.71. The maximum atomic E-state index is 13.9. The van der Waals surface area contributed by atoms with Gasteiger partial charge in [0.15, 0.2) is 5.54 Å². The van der Waals surface area contributed by atoms with E-state index >= 15 is 0 Å². The Kier molecular flexibility index (Phi) is 8.48. The van der Waals surface area contributed by atoms with Gasteiger partial charge in [0.05, 0.1) is 34.1 Å². The molecule has 226 valence electrons. The third-order valence-corrected chi connectivity index (χ3v) is 7.51. The number of hydrazine groups is 2. The lowest BCUT2D eigenvalue weighted by atomic mass is 9.96. The lowest BCUT2D eigenvalue weighted by Gasteiger charge is -2.28. The van der Waals surface area contributed by atoms with Crippen LogP contribution >= 0.6 is 0 Å². The number of aromatic nitrogens is 1. The van der Waals surface area contributed by atoms with Gasteiger partial charge in [0.1, 0.15) is 12.1 Å². The van der Waals surface area contributed by atoms with Crippen LogP contribution < -0.4 is 21.6 Å². The summed E-state index contributed by atoms with van der Waals surface area (Å²) in [6.07, 6.45) is 0.210. The number of allylic oxidation sites excluding steroid dienone is 2. The number of benzene rings is 1. The van der Waals surface area contributed by atoms with Crippen molar-refractivity contribution in [2.45, 2.75) is 72.1 Å². The predicted molar refractivity (Wildman–Crippen MR) is 162 cm³/mol. The Morgan fingerprint density at radius 2 is 1.88 bits per heavy atom. The van der Waals surface area contributed by atoms with Crippen LogP contribution in [-0.2, 0) is 0 Å². The molecule has 1 aromatic heterocycles. The molecule has 2 heterocycles. The zero-order valence-electron chi connectivity index (χ0n) is 25.2. The third-order valence-electron chi connectivity index (χ3n) is 7.51. The summed E-state index contributed by atoms with van der Waals surface area (Å²) in [5.41, 5.74) is 7.75. The van der Waals surface area contributed by atoms with Gasteiger partial charge in [-0.25, -0.2) is 0 Å². The number of rotatable bonds is 9. The summed E-state index contributed by atoms with van der Waals surface area (Å²) in [4.78, 5) is 8.97. The van der Waals surface area contributed by atoms with Gasteiger partial charge in [-0.15, -0.1) is 5.53 Å². The Labute approximate surface area is 249 Å². The molecular formula is C31H36F3N9. The molecule has 1 fully saturated rings. The molecule has 0 amide bonds. The van der Waals surface area contributed by atoms with Crippen molar-refractivity contribution in [2.24, 2.45) is 10.4 Å². The van der Waals surface area contributed by atoms with Crippen molar-refractivity contribution in [2.75, 3.05) is 17.2 Å². The molecule has 0 saturated heterocycles. The number of nitrogens with zero attached hydrogens (tertiary/aromatic N) is 5. The molecular weight excluding hydrogens is 555 g/mol. The summed E-state index contributed by atoms with van der Waals surface area (Å²) in [7, 11) is 0. The second-order valence-corrected chi connectivity index (χ2v) is 12.1. The normalized spacial score (nSPS) is 17.5. The molecule has 4 N–H and O–H groups in total. The summed E-state index contributed by atoms with van der Waals surface area (Å²) in [5.74, 6) is 0. The number of nitriles is 2. The smallest absolute Gasteiger partial charge is 0.383 e. The summed E-state index contributed by atoms with van der Waals surface area (Å²) in [5, 5.41) is 28.2. The van der Waals surface area contributed by atoms with Crippen molar-refractivity contribution in [1.82, 2.24) is 21.0 Å². The minimum Gasteiger partial charge on any atom is -0.383 e. The minimum atomic E-state index is -4.42. The fraction of sp³-hybridized carbons (Fsp3) is 0.419. The van der Waals surface area contributed by atoms with Crippen molar-refractivity contribution in [1.29, 1.82) is 10.5 Å². The monoisotopic (exact) mass is 591 g/mol. The van der Waals surface area contributed by atoms with Crippen molar-refractivity contribution in [3.05, 3.63) is 65.3 Å². The van der Waals surface area contributed by atoms with Gasteiger partial charge in [-0.05, 0) is 56.7 Å². The van der Waals surface area contributed by atoms with Crippen LogP contribution in [0.3, 0.4) is 0 Å². The molecule has 1 aromatic carbocycles. The van der Waals surface area contributed by atoms with Crippen LogP contribution in [0.1, 0.15) is 65.5 Å². The number of anilines is 2. The number of pyridine rings is 1. The third kappa shape index (κ3) is 6.45. The Morgan fingerprint density at radius 1 is 1.21 bits per heavy atom. The molecule has 2 aromatic rings. The zero-order valence-corrected chi connectivity index (χ0v) is 25.2. The summed E-state index contributed by atoms with van der Waals surface area (Å²) < 4.78 is 41.7. The van der Waals surface area contributed by atoms with Gasteiger partial charge in [-0.2, -0.15) is 23.7 Å². The highest BCUT2D eigenvalue weighted by Crippen LogP contribution is 2.53. The average Bonchev–Trinajstić information content (AvgIpc) is 3.64. The largest absolute Gasteiger partial charge is 0.413 e. The van der Waals surface area contributed by atoms with Crippen molar-refractivity contribution < 1.29 is 13.2 Å². The van der Waals surface area contributed by atoms with Gasteiger partial charge in [0.25, 0.3) is 0 Å². The standard InChI is InChI=1S/C31H36F3N9/c1-8-18(2)39-20(4)19(3)26(25-16-43(42-41-25)30(9-10-30)31(32,33)34)40-23-11-21(13-35)27-24(12-23)28(22(14-36)15-37-27)38-17-29(5,6)7/h8,11-12,15-16,26,40-42H,3,9-10,17H2,1-2,4-7H3,(H,37,38)/b18-8-,39-20-/t26-/m0/s1. The van der Waals surface area contributed by atoms with Gasteiger partial charge < -0.3 is 16.1 Å². The summed E-state index contributed by atoms with van der Waals surface area (Å²) in [6.45, 7) is 16.4. The van der Waals surface area contributed by atoms with E-state index < -0.39 is 17.8 Å². The van der Waals surface area contributed by atoms with E-state index in [1.165, 1.54) is 12.4 Å². The molecule has 0 unspecified atom stereocenters. The molecule has 9 nitrogen and oxygen atoms in total. The first-order valence-electron chi connectivity index (χ1n) is 13.9. The van der Waals surface area contributed by atoms with Crippen molar-refractivity contribution in [3.63, 3.8) is 0 Å². The van der Waals surface area contributed by atoms with Crippen molar-refractivity contribution >= 4 is 28.0 Å². The topological polar surface area (TPSA) is 124 Å². The zero-order chi connectivity index (χ0) is 31.7. The number of hydrogen-bond donors (Lipinski definition) is 4. The highest BCUT2D eigenvalue weighted by Gasteiger charge is 2.67. The lowest BCUT2D eigenvalue weighted by Crippen LogP contribution is -2.52. The fourth-order valence-corrected chi connectivity index (χ4v) is 4.71.